The molecule has 4 heteroatoms. The van der Waals surface area contributed by atoms with Crippen molar-refractivity contribution >= 4 is 5.91 Å². The van der Waals surface area contributed by atoms with E-state index in [0.29, 0.717) is 6.54 Å². The number of hydrogen-bond donors (Lipinski definition) is 2. The van der Waals surface area contributed by atoms with E-state index in [4.69, 9.17) is 5.73 Å². The fourth-order valence-corrected chi connectivity index (χ4v) is 1.04. The number of rotatable bonds is 6. The molecule has 0 aromatic carbocycles. The van der Waals surface area contributed by atoms with Crippen molar-refractivity contribution in [3.8, 4) is 0 Å². The highest BCUT2D eigenvalue weighted by atomic mass is 16.2. The molecule has 78 valence electrons. The van der Waals surface area contributed by atoms with Crippen LogP contribution < -0.4 is 11.1 Å². The van der Waals surface area contributed by atoms with E-state index in [1.54, 1.807) is 6.92 Å². The predicted octanol–water partition coefficient (Wildman–Crippen LogP) is -0.208. The van der Waals surface area contributed by atoms with Crippen LogP contribution in [0.2, 0.25) is 0 Å². The molecule has 0 unspecified atom stereocenters. The number of nitrogens with one attached hydrogen (secondary N) is 1. The Morgan fingerprint density at radius 1 is 1.46 bits per heavy atom. The fourth-order valence-electron chi connectivity index (χ4n) is 1.04. The van der Waals surface area contributed by atoms with Gasteiger partial charge in [-0.3, -0.25) is 4.79 Å². The van der Waals surface area contributed by atoms with Gasteiger partial charge in [0, 0.05) is 13.1 Å². The van der Waals surface area contributed by atoms with E-state index in [0.717, 1.165) is 19.6 Å². The van der Waals surface area contributed by atoms with Gasteiger partial charge in [0.05, 0.1) is 6.04 Å². The quantitative estimate of drug-likeness (QED) is 0.605. The first-order valence-electron chi connectivity index (χ1n) is 4.87. The third kappa shape index (κ3) is 5.60. The number of nitrogens with two attached hydrogens (primary N) is 1. The first-order chi connectivity index (χ1) is 6.11. The zero-order valence-corrected chi connectivity index (χ0v) is 8.84. The molecule has 0 saturated carbocycles. The third-order valence-corrected chi connectivity index (χ3v) is 2.04. The molecule has 0 rings (SSSR count). The molecule has 0 radical (unpaired) electrons. The number of amides is 1. The van der Waals surface area contributed by atoms with Crippen LogP contribution in [-0.2, 0) is 4.79 Å². The van der Waals surface area contributed by atoms with E-state index in [1.165, 1.54) is 0 Å². The summed E-state index contributed by atoms with van der Waals surface area (Å²) in [6.07, 6.45) is 0. The first kappa shape index (κ1) is 12.4. The van der Waals surface area contributed by atoms with Crippen LogP contribution in [0.3, 0.4) is 0 Å². The third-order valence-electron chi connectivity index (χ3n) is 2.04. The van der Waals surface area contributed by atoms with Crippen LogP contribution in [-0.4, -0.2) is 43.0 Å². The second-order valence-corrected chi connectivity index (χ2v) is 3.11. The van der Waals surface area contributed by atoms with E-state index in [9.17, 15) is 4.79 Å². The standard InChI is InChI=1S/C9H21N3O/c1-4-12(5-2)7-6-11-9(13)8(3)10/h8H,4-7,10H2,1-3H3,(H,11,13)/t8-/m0/s1. The average Bonchev–Trinajstić information content (AvgIpc) is 2.12. The minimum atomic E-state index is -0.406. The lowest BCUT2D eigenvalue weighted by atomic mass is 10.3. The summed E-state index contributed by atoms with van der Waals surface area (Å²) in [4.78, 5) is 13.3. The fraction of sp³-hybridized carbons (Fsp3) is 0.889. The van der Waals surface area contributed by atoms with Gasteiger partial charge < -0.3 is 16.0 Å². The van der Waals surface area contributed by atoms with Crippen LogP contribution >= 0.6 is 0 Å². The van der Waals surface area contributed by atoms with Gasteiger partial charge in [0.25, 0.3) is 0 Å². The first-order valence-corrected chi connectivity index (χ1v) is 4.87. The molecule has 0 aliphatic heterocycles. The molecule has 0 heterocycles. The highest BCUT2D eigenvalue weighted by Gasteiger charge is 2.06. The van der Waals surface area contributed by atoms with Crippen molar-refractivity contribution in [2.45, 2.75) is 26.8 Å². The molecule has 0 bridgehead atoms. The highest BCUT2D eigenvalue weighted by molar-refractivity contribution is 5.80. The molecule has 1 amide bonds. The van der Waals surface area contributed by atoms with E-state index >= 15 is 0 Å². The molecule has 1 atom stereocenters. The Morgan fingerprint density at radius 3 is 2.38 bits per heavy atom. The largest absolute Gasteiger partial charge is 0.353 e. The Bertz CT molecular complexity index is 144. The summed E-state index contributed by atoms with van der Waals surface area (Å²) in [6, 6.07) is -0.406. The summed E-state index contributed by atoms with van der Waals surface area (Å²) in [6.45, 7) is 9.52. The van der Waals surface area contributed by atoms with Crippen molar-refractivity contribution in [1.82, 2.24) is 10.2 Å². The highest BCUT2D eigenvalue weighted by Crippen LogP contribution is 1.84. The summed E-state index contributed by atoms with van der Waals surface area (Å²) < 4.78 is 0. The molecule has 13 heavy (non-hydrogen) atoms. The Kier molecular flexibility index (Phi) is 6.54. The van der Waals surface area contributed by atoms with Gasteiger partial charge in [0.15, 0.2) is 0 Å². The smallest absolute Gasteiger partial charge is 0.236 e. The summed E-state index contributed by atoms with van der Waals surface area (Å²) in [5, 5.41) is 2.78. The zero-order chi connectivity index (χ0) is 10.3. The summed E-state index contributed by atoms with van der Waals surface area (Å²) >= 11 is 0. The molecule has 3 N–H and O–H groups in total. The molecular formula is C9H21N3O. The van der Waals surface area contributed by atoms with Gasteiger partial charge >= 0.3 is 0 Å². The summed E-state index contributed by atoms with van der Waals surface area (Å²) in [5.74, 6) is -0.0767. The Balaban J connectivity index is 3.49. The number of carbonyl (C=O) groups is 1. The van der Waals surface area contributed by atoms with Crippen molar-refractivity contribution in [3.05, 3.63) is 0 Å². The van der Waals surface area contributed by atoms with Gasteiger partial charge in [0.2, 0.25) is 5.91 Å². The summed E-state index contributed by atoms with van der Waals surface area (Å²) in [7, 11) is 0. The predicted molar refractivity (Wildman–Crippen MR) is 54.4 cm³/mol. The van der Waals surface area contributed by atoms with Gasteiger partial charge in [-0.15, -0.1) is 0 Å². The average molecular weight is 187 g/mol. The molecule has 0 fully saturated rings. The molecule has 4 nitrogen and oxygen atoms in total. The topological polar surface area (TPSA) is 58.4 Å². The Hall–Kier alpha value is -0.610. The molecule has 0 spiro atoms. The zero-order valence-electron chi connectivity index (χ0n) is 8.84. The maximum absolute atomic E-state index is 11.0. The molecule has 0 aromatic rings. The number of hydrogen-bond acceptors (Lipinski definition) is 3. The number of carbonyl (C=O) groups excluding carboxylic acids is 1. The lowest BCUT2D eigenvalue weighted by molar-refractivity contribution is -0.122. The van der Waals surface area contributed by atoms with Crippen LogP contribution in [0.5, 0.6) is 0 Å². The minimum Gasteiger partial charge on any atom is -0.353 e. The molecule has 0 aromatic heterocycles. The lowest BCUT2D eigenvalue weighted by Crippen LogP contribution is -2.42. The van der Waals surface area contributed by atoms with Crippen LogP contribution in [0.1, 0.15) is 20.8 Å². The van der Waals surface area contributed by atoms with E-state index in [2.05, 4.69) is 24.1 Å². The number of likely N-dealkylation sites (N-methyl/N-ethyl adjacent to an activating group) is 1. The van der Waals surface area contributed by atoms with Crippen LogP contribution in [0.15, 0.2) is 0 Å². The lowest BCUT2D eigenvalue weighted by Gasteiger charge is -2.18. The van der Waals surface area contributed by atoms with Crippen LogP contribution in [0.4, 0.5) is 0 Å². The SMILES string of the molecule is CCN(CC)CCNC(=O)[C@H](C)N. The van der Waals surface area contributed by atoms with Crippen molar-refractivity contribution in [2.75, 3.05) is 26.2 Å². The van der Waals surface area contributed by atoms with E-state index in [-0.39, 0.29) is 5.91 Å². The van der Waals surface area contributed by atoms with Gasteiger partial charge in [-0.2, -0.15) is 0 Å². The molecule has 0 aliphatic carbocycles. The van der Waals surface area contributed by atoms with Gasteiger partial charge in [-0.1, -0.05) is 13.8 Å². The number of nitrogens with zero attached hydrogens (tertiary/aromatic N) is 1. The van der Waals surface area contributed by atoms with Crippen molar-refractivity contribution in [3.63, 3.8) is 0 Å². The van der Waals surface area contributed by atoms with Crippen molar-refractivity contribution in [1.29, 1.82) is 0 Å². The van der Waals surface area contributed by atoms with Gasteiger partial charge in [-0.05, 0) is 20.0 Å². The van der Waals surface area contributed by atoms with Crippen LogP contribution in [0.25, 0.3) is 0 Å². The van der Waals surface area contributed by atoms with Crippen LogP contribution in [0, 0.1) is 0 Å². The second-order valence-electron chi connectivity index (χ2n) is 3.11. The monoisotopic (exact) mass is 187 g/mol. The Labute approximate surface area is 80.5 Å². The molecular weight excluding hydrogens is 166 g/mol. The van der Waals surface area contributed by atoms with E-state index < -0.39 is 6.04 Å². The molecule has 0 saturated heterocycles. The summed E-state index contributed by atoms with van der Waals surface area (Å²) in [5.41, 5.74) is 5.39. The second kappa shape index (κ2) is 6.86. The normalized spacial score (nSPS) is 13.0. The maximum Gasteiger partial charge on any atom is 0.236 e. The van der Waals surface area contributed by atoms with Crippen molar-refractivity contribution in [2.24, 2.45) is 5.73 Å². The van der Waals surface area contributed by atoms with Gasteiger partial charge in [-0.25, -0.2) is 0 Å². The van der Waals surface area contributed by atoms with Crippen molar-refractivity contribution < 1.29 is 4.79 Å². The molecule has 0 aliphatic rings. The van der Waals surface area contributed by atoms with Gasteiger partial charge in [0.1, 0.15) is 0 Å². The van der Waals surface area contributed by atoms with E-state index in [1.807, 2.05) is 0 Å². The Morgan fingerprint density at radius 2 is 2.00 bits per heavy atom. The maximum atomic E-state index is 11.0. The minimum absolute atomic E-state index is 0.0767.